The summed E-state index contributed by atoms with van der Waals surface area (Å²) in [6.45, 7) is 2.33. The largest absolute Gasteiger partial charge is 0.494 e. The van der Waals surface area contributed by atoms with E-state index in [9.17, 15) is 9.59 Å². The quantitative estimate of drug-likeness (QED) is 0.443. The second-order valence-corrected chi connectivity index (χ2v) is 7.79. The Kier molecular flexibility index (Phi) is 6.24. The van der Waals surface area contributed by atoms with Crippen LogP contribution in [0.15, 0.2) is 72.8 Å². The van der Waals surface area contributed by atoms with E-state index in [1.165, 1.54) is 0 Å². The third-order valence-electron chi connectivity index (χ3n) is 4.52. The van der Waals surface area contributed by atoms with Gasteiger partial charge >= 0.3 is 0 Å². The molecule has 0 radical (unpaired) electrons. The fraction of sp³-hybridized carbons (Fsp3) is 0.125. The highest BCUT2D eigenvalue weighted by atomic mass is 32.1. The molecule has 3 aromatic carbocycles. The zero-order valence-electron chi connectivity index (χ0n) is 16.9. The Balaban J connectivity index is 1.36. The molecule has 4 aromatic rings. The minimum absolute atomic E-state index is 0.128. The van der Waals surface area contributed by atoms with Gasteiger partial charge in [0.2, 0.25) is 5.91 Å². The van der Waals surface area contributed by atoms with Crippen molar-refractivity contribution in [2.24, 2.45) is 0 Å². The van der Waals surface area contributed by atoms with Crippen LogP contribution in [0.5, 0.6) is 5.75 Å². The van der Waals surface area contributed by atoms with Crippen LogP contribution in [0.3, 0.4) is 0 Å². The van der Waals surface area contributed by atoms with E-state index in [4.69, 9.17) is 4.74 Å². The summed E-state index contributed by atoms with van der Waals surface area (Å²) < 4.78 is 6.48. The summed E-state index contributed by atoms with van der Waals surface area (Å²) in [6, 6.07) is 22.3. The molecule has 7 heteroatoms. The summed E-state index contributed by atoms with van der Waals surface area (Å²) in [5.41, 5.74) is 3.00. The van der Waals surface area contributed by atoms with Gasteiger partial charge in [0.1, 0.15) is 10.8 Å². The predicted molar refractivity (Wildman–Crippen MR) is 124 cm³/mol. The average molecular weight is 432 g/mol. The first kappa shape index (κ1) is 20.6. The summed E-state index contributed by atoms with van der Waals surface area (Å²) >= 11 is 1.60. The molecule has 0 bridgehead atoms. The Morgan fingerprint density at radius 3 is 2.58 bits per heavy atom. The summed E-state index contributed by atoms with van der Waals surface area (Å²) in [7, 11) is 0. The maximum atomic E-state index is 12.3. The lowest BCUT2D eigenvalue weighted by atomic mass is 10.2. The topological polar surface area (TPSA) is 80.3 Å². The number of hydrogen-bond acceptors (Lipinski definition) is 5. The van der Waals surface area contributed by atoms with Crippen molar-refractivity contribution in [3.63, 3.8) is 0 Å². The number of rotatable bonds is 7. The molecule has 0 saturated carbocycles. The first-order chi connectivity index (χ1) is 15.1. The van der Waals surface area contributed by atoms with Crippen LogP contribution in [-0.2, 0) is 4.79 Å². The van der Waals surface area contributed by atoms with Crippen molar-refractivity contribution in [1.29, 1.82) is 0 Å². The van der Waals surface area contributed by atoms with Crippen LogP contribution in [0.2, 0.25) is 0 Å². The average Bonchev–Trinajstić information content (AvgIpc) is 3.23. The lowest BCUT2D eigenvalue weighted by Crippen LogP contribution is -2.32. The predicted octanol–water partition coefficient (Wildman–Crippen LogP) is 4.73. The fourth-order valence-electron chi connectivity index (χ4n) is 3.06. The minimum atomic E-state index is -0.318. The van der Waals surface area contributed by atoms with Crippen molar-refractivity contribution in [1.82, 2.24) is 10.3 Å². The molecule has 31 heavy (non-hydrogen) atoms. The SMILES string of the molecule is CCOc1ccc(C(=O)NCC(=O)Nc2cccc(-c3nc4ccccc4s3)c2)cc1. The standard InChI is InChI=1S/C24H21N3O3S/c1-2-30-19-12-10-16(11-13-19)23(29)25-15-22(28)26-18-7-5-6-17(14-18)24-27-20-8-3-4-9-21(20)31-24/h3-14H,2,15H2,1H3,(H,25,29)(H,26,28). The number of nitrogens with zero attached hydrogens (tertiary/aromatic N) is 1. The molecule has 156 valence electrons. The van der Waals surface area contributed by atoms with E-state index >= 15 is 0 Å². The second kappa shape index (κ2) is 9.40. The zero-order chi connectivity index (χ0) is 21.6. The van der Waals surface area contributed by atoms with Crippen LogP contribution >= 0.6 is 11.3 Å². The van der Waals surface area contributed by atoms with E-state index in [0.29, 0.717) is 23.6 Å². The van der Waals surface area contributed by atoms with Gasteiger partial charge in [-0.05, 0) is 55.5 Å². The van der Waals surface area contributed by atoms with Gasteiger partial charge in [-0.3, -0.25) is 9.59 Å². The monoisotopic (exact) mass is 431 g/mol. The zero-order valence-corrected chi connectivity index (χ0v) is 17.7. The molecule has 0 saturated heterocycles. The maximum Gasteiger partial charge on any atom is 0.251 e. The number of anilines is 1. The molecule has 4 rings (SSSR count). The first-order valence-electron chi connectivity index (χ1n) is 9.89. The number of carbonyl (C=O) groups is 2. The molecule has 2 N–H and O–H groups in total. The second-order valence-electron chi connectivity index (χ2n) is 6.76. The Bertz CT molecular complexity index is 1190. The Morgan fingerprint density at radius 1 is 1.00 bits per heavy atom. The van der Waals surface area contributed by atoms with Gasteiger partial charge in [-0.1, -0.05) is 24.3 Å². The maximum absolute atomic E-state index is 12.3. The molecule has 0 atom stereocenters. The molecule has 1 aromatic heterocycles. The highest BCUT2D eigenvalue weighted by Crippen LogP contribution is 2.31. The summed E-state index contributed by atoms with van der Waals surface area (Å²) in [5.74, 6) is 0.0759. The van der Waals surface area contributed by atoms with Crippen LogP contribution in [0.4, 0.5) is 5.69 Å². The van der Waals surface area contributed by atoms with E-state index in [-0.39, 0.29) is 18.4 Å². The van der Waals surface area contributed by atoms with Gasteiger partial charge in [-0.25, -0.2) is 4.98 Å². The van der Waals surface area contributed by atoms with E-state index in [0.717, 1.165) is 20.8 Å². The number of ether oxygens (including phenoxy) is 1. The molecule has 0 aliphatic rings. The highest BCUT2D eigenvalue weighted by Gasteiger charge is 2.10. The molecular weight excluding hydrogens is 410 g/mol. The Hall–Kier alpha value is -3.71. The van der Waals surface area contributed by atoms with Crippen LogP contribution in [-0.4, -0.2) is 29.9 Å². The van der Waals surface area contributed by atoms with Crippen molar-refractivity contribution in [3.05, 3.63) is 78.4 Å². The normalized spacial score (nSPS) is 10.6. The van der Waals surface area contributed by atoms with Gasteiger partial charge in [0.15, 0.2) is 0 Å². The van der Waals surface area contributed by atoms with Crippen LogP contribution in [0.25, 0.3) is 20.8 Å². The number of nitrogens with one attached hydrogen (secondary N) is 2. The Labute approximate surface area is 183 Å². The fourth-order valence-corrected chi connectivity index (χ4v) is 4.02. The molecular formula is C24H21N3O3S. The Morgan fingerprint density at radius 2 is 1.81 bits per heavy atom. The number of aromatic nitrogens is 1. The smallest absolute Gasteiger partial charge is 0.251 e. The van der Waals surface area contributed by atoms with E-state index in [1.54, 1.807) is 35.6 Å². The third kappa shape index (κ3) is 5.07. The number of para-hydroxylation sites is 1. The number of benzene rings is 3. The van der Waals surface area contributed by atoms with Crippen molar-refractivity contribution in [2.75, 3.05) is 18.5 Å². The molecule has 0 aliphatic carbocycles. The summed E-state index contributed by atoms with van der Waals surface area (Å²) in [5, 5.41) is 6.34. The van der Waals surface area contributed by atoms with Gasteiger partial charge in [0.25, 0.3) is 5.91 Å². The van der Waals surface area contributed by atoms with Gasteiger partial charge in [0.05, 0.1) is 23.4 Å². The van der Waals surface area contributed by atoms with E-state index < -0.39 is 0 Å². The van der Waals surface area contributed by atoms with E-state index in [2.05, 4.69) is 15.6 Å². The van der Waals surface area contributed by atoms with Gasteiger partial charge < -0.3 is 15.4 Å². The lowest BCUT2D eigenvalue weighted by molar-refractivity contribution is -0.115. The third-order valence-corrected chi connectivity index (χ3v) is 5.61. The highest BCUT2D eigenvalue weighted by molar-refractivity contribution is 7.21. The van der Waals surface area contributed by atoms with Crippen LogP contribution in [0.1, 0.15) is 17.3 Å². The van der Waals surface area contributed by atoms with Crippen LogP contribution in [0, 0.1) is 0 Å². The van der Waals surface area contributed by atoms with Crippen molar-refractivity contribution in [2.45, 2.75) is 6.92 Å². The molecule has 0 spiro atoms. The van der Waals surface area contributed by atoms with E-state index in [1.807, 2.05) is 55.5 Å². The van der Waals surface area contributed by atoms with Crippen molar-refractivity contribution in [3.8, 4) is 16.3 Å². The minimum Gasteiger partial charge on any atom is -0.494 e. The number of amides is 2. The number of thiazole rings is 1. The van der Waals surface area contributed by atoms with Crippen molar-refractivity contribution < 1.29 is 14.3 Å². The van der Waals surface area contributed by atoms with Gasteiger partial charge in [0, 0.05) is 16.8 Å². The molecule has 0 aliphatic heterocycles. The molecule has 0 fully saturated rings. The molecule has 6 nitrogen and oxygen atoms in total. The van der Waals surface area contributed by atoms with Gasteiger partial charge in [-0.2, -0.15) is 0 Å². The van der Waals surface area contributed by atoms with Crippen molar-refractivity contribution >= 4 is 39.1 Å². The molecule has 2 amide bonds. The number of carbonyl (C=O) groups excluding carboxylic acids is 2. The number of fused-ring (bicyclic) bond motifs is 1. The number of hydrogen-bond donors (Lipinski definition) is 2. The molecule has 0 unspecified atom stereocenters. The first-order valence-corrected chi connectivity index (χ1v) is 10.7. The lowest BCUT2D eigenvalue weighted by Gasteiger charge is -2.08. The summed E-state index contributed by atoms with van der Waals surface area (Å²) in [4.78, 5) is 29.2. The van der Waals surface area contributed by atoms with Crippen LogP contribution < -0.4 is 15.4 Å². The molecule has 1 heterocycles. The van der Waals surface area contributed by atoms with Gasteiger partial charge in [-0.15, -0.1) is 11.3 Å². The summed E-state index contributed by atoms with van der Waals surface area (Å²) in [6.07, 6.45) is 0.